The lowest BCUT2D eigenvalue weighted by atomic mass is 9.77. The van der Waals surface area contributed by atoms with Gasteiger partial charge in [0.15, 0.2) is 14.1 Å². The van der Waals surface area contributed by atoms with Gasteiger partial charge < -0.3 is 18.6 Å². The highest BCUT2D eigenvalue weighted by Gasteiger charge is 2.58. The Labute approximate surface area is 183 Å². The molecule has 30 heavy (non-hydrogen) atoms. The molecule has 5 heteroatoms. The molecule has 3 aliphatic rings. The standard InChI is InChI=1S/C25H40O4Si/c1-24(2,3)30(4,5)29-21-11-12-22-20(15-21)16-25(27-13-14-28-25)23(22)18-26-17-19-9-7-6-8-10-19/h6-10,20-23H,11-18H2,1-5H3/t20-,21+,22+,23-/m0/s1. The molecule has 0 unspecified atom stereocenters. The molecular formula is C25H40O4Si. The average molecular weight is 433 g/mol. The Morgan fingerprint density at radius 2 is 1.77 bits per heavy atom. The van der Waals surface area contributed by atoms with Crippen molar-refractivity contribution in [3.05, 3.63) is 35.9 Å². The molecule has 0 N–H and O–H groups in total. The molecule has 2 saturated carbocycles. The monoisotopic (exact) mass is 432 g/mol. The summed E-state index contributed by atoms with van der Waals surface area (Å²) in [7, 11) is -1.74. The molecule has 2 aliphatic carbocycles. The van der Waals surface area contributed by atoms with E-state index in [2.05, 4.69) is 58.1 Å². The van der Waals surface area contributed by atoms with E-state index in [0.29, 0.717) is 50.3 Å². The van der Waals surface area contributed by atoms with Gasteiger partial charge in [-0.25, -0.2) is 0 Å². The fraction of sp³-hybridized carbons (Fsp3) is 0.760. The van der Waals surface area contributed by atoms with Gasteiger partial charge in [-0.1, -0.05) is 51.1 Å². The van der Waals surface area contributed by atoms with Gasteiger partial charge >= 0.3 is 0 Å². The molecule has 1 aliphatic heterocycles. The maximum absolute atomic E-state index is 6.80. The van der Waals surface area contributed by atoms with Gasteiger partial charge in [-0.15, -0.1) is 0 Å². The molecule has 4 nitrogen and oxygen atoms in total. The van der Waals surface area contributed by atoms with Crippen LogP contribution in [0.1, 0.15) is 52.0 Å². The molecule has 0 bridgehead atoms. The van der Waals surface area contributed by atoms with Crippen LogP contribution in [0.25, 0.3) is 0 Å². The highest BCUT2D eigenvalue weighted by Crippen LogP contribution is 2.55. The maximum Gasteiger partial charge on any atom is 0.192 e. The lowest BCUT2D eigenvalue weighted by Crippen LogP contribution is -2.45. The van der Waals surface area contributed by atoms with E-state index in [1.54, 1.807) is 0 Å². The molecule has 3 fully saturated rings. The lowest BCUT2D eigenvalue weighted by Gasteiger charge is -2.42. The van der Waals surface area contributed by atoms with Crippen LogP contribution in [-0.2, 0) is 25.2 Å². The fourth-order valence-corrected chi connectivity index (χ4v) is 6.88. The first-order valence-electron chi connectivity index (χ1n) is 11.8. The summed E-state index contributed by atoms with van der Waals surface area (Å²) in [6.45, 7) is 14.5. The van der Waals surface area contributed by atoms with Crippen molar-refractivity contribution in [2.45, 2.75) is 83.1 Å². The molecule has 1 aromatic carbocycles. The Bertz CT molecular complexity index is 693. The summed E-state index contributed by atoms with van der Waals surface area (Å²) in [6, 6.07) is 10.4. The van der Waals surface area contributed by atoms with Gasteiger partial charge in [0.05, 0.1) is 26.4 Å². The quantitative estimate of drug-likeness (QED) is 0.535. The van der Waals surface area contributed by atoms with E-state index in [1.807, 2.05) is 6.07 Å². The van der Waals surface area contributed by atoms with Crippen molar-refractivity contribution in [1.82, 2.24) is 0 Å². The van der Waals surface area contributed by atoms with Crippen LogP contribution in [0.3, 0.4) is 0 Å². The van der Waals surface area contributed by atoms with Crippen LogP contribution in [0.2, 0.25) is 18.1 Å². The van der Waals surface area contributed by atoms with Crippen molar-refractivity contribution in [3.63, 3.8) is 0 Å². The second-order valence-corrected chi connectivity index (χ2v) is 15.8. The second kappa shape index (κ2) is 8.66. The van der Waals surface area contributed by atoms with Crippen molar-refractivity contribution >= 4 is 8.32 Å². The molecule has 0 amide bonds. The van der Waals surface area contributed by atoms with Crippen molar-refractivity contribution in [3.8, 4) is 0 Å². The van der Waals surface area contributed by atoms with Crippen LogP contribution < -0.4 is 0 Å². The summed E-state index contributed by atoms with van der Waals surface area (Å²) in [5.74, 6) is 1.11. The number of hydrogen-bond acceptors (Lipinski definition) is 4. The van der Waals surface area contributed by atoms with Gasteiger partial charge in [0.2, 0.25) is 0 Å². The molecule has 0 radical (unpaired) electrons. The van der Waals surface area contributed by atoms with Crippen LogP contribution in [-0.4, -0.2) is 40.0 Å². The zero-order valence-corrected chi connectivity index (χ0v) is 20.5. The van der Waals surface area contributed by atoms with Crippen LogP contribution in [0.5, 0.6) is 0 Å². The Balaban J connectivity index is 1.40. The predicted molar refractivity (Wildman–Crippen MR) is 122 cm³/mol. The van der Waals surface area contributed by atoms with Gasteiger partial charge in [0.25, 0.3) is 0 Å². The topological polar surface area (TPSA) is 36.9 Å². The van der Waals surface area contributed by atoms with E-state index in [1.165, 1.54) is 12.0 Å². The molecule has 1 heterocycles. The van der Waals surface area contributed by atoms with Gasteiger partial charge in [-0.05, 0) is 54.8 Å². The molecular weight excluding hydrogens is 392 g/mol. The third kappa shape index (κ3) is 4.56. The molecule has 1 saturated heterocycles. The van der Waals surface area contributed by atoms with Crippen LogP contribution in [0, 0.1) is 17.8 Å². The van der Waals surface area contributed by atoms with Crippen molar-refractivity contribution in [2.24, 2.45) is 17.8 Å². The Kier molecular flexibility index (Phi) is 6.49. The van der Waals surface area contributed by atoms with Gasteiger partial charge in [-0.2, -0.15) is 0 Å². The number of fused-ring (bicyclic) bond motifs is 1. The van der Waals surface area contributed by atoms with Crippen LogP contribution in [0.15, 0.2) is 30.3 Å². The normalized spacial score (nSPS) is 31.2. The Hall–Kier alpha value is -0.723. The highest BCUT2D eigenvalue weighted by molar-refractivity contribution is 6.74. The Morgan fingerprint density at radius 3 is 2.43 bits per heavy atom. The predicted octanol–water partition coefficient (Wildman–Crippen LogP) is 5.77. The largest absolute Gasteiger partial charge is 0.414 e. The van der Waals surface area contributed by atoms with Crippen molar-refractivity contribution < 1.29 is 18.6 Å². The first-order valence-corrected chi connectivity index (χ1v) is 14.7. The summed E-state index contributed by atoms with van der Waals surface area (Å²) in [4.78, 5) is 0. The minimum atomic E-state index is -1.74. The van der Waals surface area contributed by atoms with E-state index < -0.39 is 14.1 Å². The summed E-state index contributed by atoms with van der Waals surface area (Å²) in [5.41, 5.74) is 1.22. The van der Waals surface area contributed by atoms with E-state index in [4.69, 9.17) is 18.6 Å². The van der Waals surface area contributed by atoms with Gasteiger partial charge in [0, 0.05) is 18.4 Å². The van der Waals surface area contributed by atoms with E-state index in [0.717, 1.165) is 19.3 Å². The van der Waals surface area contributed by atoms with Crippen molar-refractivity contribution in [2.75, 3.05) is 19.8 Å². The first kappa shape index (κ1) is 22.5. The van der Waals surface area contributed by atoms with E-state index >= 15 is 0 Å². The third-order valence-corrected chi connectivity index (χ3v) is 12.6. The average Bonchev–Trinajstić information content (AvgIpc) is 3.26. The Morgan fingerprint density at radius 1 is 1.07 bits per heavy atom. The SMILES string of the molecule is CC(C)(C)[Si](C)(C)O[C@@H]1CC[C@@H]2[C@@H](C1)CC1(OCCO1)[C@H]2COCc1ccccc1. The number of rotatable bonds is 6. The van der Waals surface area contributed by atoms with Crippen LogP contribution >= 0.6 is 0 Å². The summed E-state index contributed by atoms with van der Waals surface area (Å²) < 4.78 is 25.5. The molecule has 1 spiro atoms. The molecule has 4 rings (SSSR count). The molecule has 1 aromatic rings. The minimum Gasteiger partial charge on any atom is -0.414 e. The zero-order chi connectivity index (χ0) is 21.4. The third-order valence-electron chi connectivity index (χ3n) is 8.07. The molecule has 0 aromatic heterocycles. The van der Waals surface area contributed by atoms with Crippen LogP contribution in [0.4, 0.5) is 0 Å². The summed E-state index contributed by atoms with van der Waals surface area (Å²) in [6.07, 6.45) is 4.86. The number of ether oxygens (including phenoxy) is 3. The summed E-state index contributed by atoms with van der Waals surface area (Å²) >= 11 is 0. The molecule has 168 valence electrons. The van der Waals surface area contributed by atoms with E-state index in [9.17, 15) is 0 Å². The fourth-order valence-electron chi connectivity index (χ4n) is 5.48. The summed E-state index contributed by atoms with van der Waals surface area (Å²) in [5, 5.41) is 0.256. The van der Waals surface area contributed by atoms with E-state index in [-0.39, 0.29) is 5.04 Å². The smallest absolute Gasteiger partial charge is 0.192 e. The second-order valence-electron chi connectivity index (χ2n) is 11.1. The van der Waals surface area contributed by atoms with Crippen molar-refractivity contribution in [1.29, 1.82) is 0 Å². The minimum absolute atomic E-state index is 0.256. The number of benzene rings is 1. The lowest BCUT2D eigenvalue weighted by molar-refractivity contribution is -0.198. The van der Waals surface area contributed by atoms with Gasteiger partial charge in [-0.3, -0.25) is 0 Å². The number of hydrogen-bond donors (Lipinski definition) is 0. The van der Waals surface area contributed by atoms with Gasteiger partial charge in [0.1, 0.15) is 0 Å². The highest BCUT2D eigenvalue weighted by atomic mass is 28.4. The zero-order valence-electron chi connectivity index (χ0n) is 19.5. The maximum atomic E-state index is 6.80. The molecule has 4 atom stereocenters. The first-order chi connectivity index (χ1) is 14.2.